The molecular weight excluding hydrogens is 413 g/mol. The molecule has 0 heterocycles. The molecule has 0 atom stereocenters. The maximum absolute atomic E-state index is 12.4. The highest BCUT2D eigenvalue weighted by molar-refractivity contribution is 7.89. The fourth-order valence-corrected chi connectivity index (χ4v) is 3.60. The van der Waals surface area contributed by atoms with Gasteiger partial charge in [0.15, 0.2) is 0 Å². The molecule has 2 amide bonds. The van der Waals surface area contributed by atoms with Gasteiger partial charge in [0, 0.05) is 7.05 Å². The van der Waals surface area contributed by atoms with Crippen LogP contribution < -0.4 is 10.9 Å². The molecule has 0 spiro atoms. The summed E-state index contributed by atoms with van der Waals surface area (Å²) in [5.74, 6) is -1.40. The number of rotatable bonds is 5. The van der Waals surface area contributed by atoms with Gasteiger partial charge in [-0.2, -0.15) is 4.31 Å². The zero-order valence-electron chi connectivity index (χ0n) is 14.5. The second-order valence-corrected chi connectivity index (χ2v) is 8.51. The summed E-state index contributed by atoms with van der Waals surface area (Å²) in [6.45, 7) is 1.35. The van der Waals surface area contributed by atoms with Crippen molar-refractivity contribution < 1.29 is 18.0 Å². The molecular formula is C17H17Cl2N3O4S. The molecule has 2 N–H and O–H groups in total. The van der Waals surface area contributed by atoms with Crippen molar-refractivity contribution in [3.05, 3.63) is 63.6 Å². The van der Waals surface area contributed by atoms with Crippen molar-refractivity contribution in [2.75, 3.05) is 13.6 Å². The Morgan fingerprint density at radius 1 is 1.04 bits per heavy atom. The van der Waals surface area contributed by atoms with Crippen molar-refractivity contribution in [3.8, 4) is 0 Å². The van der Waals surface area contributed by atoms with E-state index >= 15 is 0 Å². The third kappa shape index (κ3) is 5.20. The molecule has 0 aliphatic carbocycles. The second kappa shape index (κ2) is 8.71. The Morgan fingerprint density at radius 3 is 2.30 bits per heavy atom. The van der Waals surface area contributed by atoms with Gasteiger partial charge in [0.25, 0.3) is 11.8 Å². The van der Waals surface area contributed by atoms with Crippen LogP contribution in [0.3, 0.4) is 0 Å². The third-order valence-corrected chi connectivity index (χ3v) is 6.24. The average Bonchev–Trinajstić information content (AvgIpc) is 2.62. The van der Waals surface area contributed by atoms with E-state index in [4.69, 9.17) is 23.2 Å². The topological polar surface area (TPSA) is 95.6 Å². The van der Waals surface area contributed by atoms with Crippen LogP contribution in [-0.2, 0) is 14.8 Å². The lowest BCUT2D eigenvalue weighted by molar-refractivity contribution is -0.121. The van der Waals surface area contributed by atoms with E-state index in [1.54, 1.807) is 12.1 Å². The Labute approximate surface area is 167 Å². The number of halogens is 2. The molecule has 0 saturated heterocycles. The number of aryl methyl sites for hydroxylation is 1. The molecule has 0 fully saturated rings. The minimum absolute atomic E-state index is 0.0463. The smallest absolute Gasteiger partial charge is 0.271 e. The van der Waals surface area contributed by atoms with Crippen LogP contribution in [0.15, 0.2) is 47.4 Å². The molecule has 0 radical (unpaired) electrons. The largest absolute Gasteiger partial charge is 0.272 e. The number of nitrogens with zero attached hydrogens (tertiary/aromatic N) is 1. The van der Waals surface area contributed by atoms with Crippen molar-refractivity contribution in [3.63, 3.8) is 0 Å². The fraction of sp³-hybridized carbons (Fsp3) is 0.176. The Balaban J connectivity index is 1.97. The number of carbonyl (C=O) groups excluding carboxylic acids is 2. The first-order chi connectivity index (χ1) is 12.6. The van der Waals surface area contributed by atoms with Gasteiger partial charge < -0.3 is 0 Å². The zero-order valence-corrected chi connectivity index (χ0v) is 16.8. The normalized spacial score (nSPS) is 11.3. The van der Waals surface area contributed by atoms with E-state index in [1.165, 1.54) is 37.4 Å². The average molecular weight is 430 g/mol. The van der Waals surface area contributed by atoms with E-state index in [0.29, 0.717) is 0 Å². The number of likely N-dealkylation sites (N-methyl/N-ethyl adjacent to an activating group) is 1. The van der Waals surface area contributed by atoms with E-state index in [2.05, 4.69) is 10.9 Å². The predicted octanol–water partition coefficient (Wildman–Crippen LogP) is 2.38. The molecule has 2 aromatic carbocycles. The summed E-state index contributed by atoms with van der Waals surface area (Å²) in [5, 5.41) is 0.240. The van der Waals surface area contributed by atoms with Gasteiger partial charge in [-0.05, 0) is 31.2 Å². The van der Waals surface area contributed by atoms with Crippen molar-refractivity contribution in [1.29, 1.82) is 0 Å². The van der Waals surface area contributed by atoms with Crippen molar-refractivity contribution in [1.82, 2.24) is 15.2 Å². The molecule has 0 bridgehead atoms. The Morgan fingerprint density at radius 2 is 1.67 bits per heavy atom. The number of hydrazine groups is 1. The molecule has 2 rings (SSSR count). The lowest BCUT2D eigenvalue weighted by Gasteiger charge is -2.17. The van der Waals surface area contributed by atoms with E-state index < -0.39 is 28.4 Å². The molecule has 27 heavy (non-hydrogen) atoms. The van der Waals surface area contributed by atoms with Gasteiger partial charge in [0.2, 0.25) is 10.0 Å². The monoisotopic (exact) mass is 429 g/mol. The second-order valence-electron chi connectivity index (χ2n) is 5.68. The van der Waals surface area contributed by atoms with Crippen LogP contribution in [0.5, 0.6) is 0 Å². The fourth-order valence-electron chi connectivity index (χ4n) is 2.09. The Bertz CT molecular complexity index is 963. The van der Waals surface area contributed by atoms with Gasteiger partial charge in [-0.1, -0.05) is 47.0 Å². The first-order valence-electron chi connectivity index (χ1n) is 7.69. The number of benzene rings is 2. The van der Waals surface area contributed by atoms with Crippen LogP contribution in [0.4, 0.5) is 0 Å². The summed E-state index contributed by atoms with van der Waals surface area (Å²) in [6.07, 6.45) is 0. The van der Waals surface area contributed by atoms with Gasteiger partial charge in [0.1, 0.15) is 0 Å². The molecule has 10 heteroatoms. The molecule has 144 valence electrons. The molecule has 0 aliphatic heterocycles. The van der Waals surface area contributed by atoms with Crippen LogP contribution in [0.2, 0.25) is 10.0 Å². The van der Waals surface area contributed by atoms with Crippen LogP contribution in [-0.4, -0.2) is 38.1 Å². The summed E-state index contributed by atoms with van der Waals surface area (Å²) in [7, 11) is -2.56. The number of nitrogens with one attached hydrogen (secondary N) is 2. The van der Waals surface area contributed by atoms with Crippen LogP contribution in [0.25, 0.3) is 0 Å². The third-order valence-electron chi connectivity index (χ3n) is 3.61. The molecule has 0 unspecified atom stereocenters. The summed E-state index contributed by atoms with van der Waals surface area (Å²) in [6, 6.07) is 10.7. The maximum Gasteiger partial charge on any atom is 0.271 e. The number of amides is 2. The predicted molar refractivity (Wildman–Crippen MR) is 103 cm³/mol. The molecule has 0 aromatic heterocycles. The first-order valence-corrected chi connectivity index (χ1v) is 9.88. The minimum Gasteiger partial charge on any atom is -0.272 e. The van der Waals surface area contributed by atoms with Gasteiger partial charge in [-0.15, -0.1) is 0 Å². The first kappa shape index (κ1) is 21.2. The van der Waals surface area contributed by atoms with Crippen LogP contribution in [0, 0.1) is 6.92 Å². The van der Waals surface area contributed by atoms with E-state index in [0.717, 1.165) is 9.87 Å². The lowest BCUT2D eigenvalue weighted by Crippen LogP contribution is -2.46. The van der Waals surface area contributed by atoms with E-state index in [1.807, 2.05) is 6.92 Å². The summed E-state index contributed by atoms with van der Waals surface area (Å²) >= 11 is 11.8. The number of hydrogen-bond donors (Lipinski definition) is 2. The standard InChI is InChI=1S/C17H17Cl2N3O4S/c1-11-6-8-12(9-7-11)27(25,26)22(2)10-15(23)20-21-17(24)13-4-3-5-14(18)16(13)19/h3-9H,10H2,1-2H3,(H,20,23)(H,21,24). The number of carbonyl (C=O) groups is 2. The summed E-state index contributed by atoms with van der Waals surface area (Å²) in [5.41, 5.74) is 5.30. The highest BCUT2D eigenvalue weighted by Crippen LogP contribution is 2.25. The van der Waals surface area contributed by atoms with Gasteiger partial charge in [-0.25, -0.2) is 8.42 Å². The maximum atomic E-state index is 12.4. The summed E-state index contributed by atoms with van der Waals surface area (Å²) < 4.78 is 25.8. The lowest BCUT2D eigenvalue weighted by atomic mass is 10.2. The van der Waals surface area contributed by atoms with E-state index in [-0.39, 0.29) is 20.5 Å². The van der Waals surface area contributed by atoms with Gasteiger partial charge in [-0.3, -0.25) is 20.4 Å². The Hall–Kier alpha value is -2.13. The van der Waals surface area contributed by atoms with Crippen LogP contribution >= 0.6 is 23.2 Å². The van der Waals surface area contributed by atoms with Crippen LogP contribution in [0.1, 0.15) is 15.9 Å². The minimum atomic E-state index is -3.83. The number of sulfonamides is 1. The van der Waals surface area contributed by atoms with Crippen molar-refractivity contribution >= 4 is 45.0 Å². The molecule has 0 saturated carbocycles. The van der Waals surface area contributed by atoms with E-state index in [9.17, 15) is 18.0 Å². The Kier molecular flexibility index (Phi) is 6.83. The quantitative estimate of drug-likeness (QED) is 0.713. The van der Waals surface area contributed by atoms with Crippen molar-refractivity contribution in [2.45, 2.75) is 11.8 Å². The summed E-state index contributed by atoms with van der Waals surface area (Å²) in [4.78, 5) is 24.1. The highest BCUT2D eigenvalue weighted by Gasteiger charge is 2.23. The highest BCUT2D eigenvalue weighted by atomic mass is 35.5. The molecule has 2 aromatic rings. The SMILES string of the molecule is Cc1ccc(S(=O)(=O)N(C)CC(=O)NNC(=O)c2cccc(Cl)c2Cl)cc1. The molecule has 7 nitrogen and oxygen atoms in total. The zero-order chi connectivity index (χ0) is 20.2. The van der Waals surface area contributed by atoms with Gasteiger partial charge in [0.05, 0.1) is 27.0 Å². The van der Waals surface area contributed by atoms with Crippen molar-refractivity contribution in [2.24, 2.45) is 0 Å². The molecule has 0 aliphatic rings. The van der Waals surface area contributed by atoms with Gasteiger partial charge >= 0.3 is 0 Å². The number of hydrogen-bond acceptors (Lipinski definition) is 4.